The van der Waals surface area contributed by atoms with Crippen molar-refractivity contribution in [2.75, 3.05) is 4.90 Å². The van der Waals surface area contributed by atoms with Crippen LogP contribution in [0.4, 0.5) is 17.1 Å². The van der Waals surface area contributed by atoms with Gasteiger partial charge in [-0.25, -0.2) is 0 Å². The summed E-state index contributed by atoms with van der Waals surface area (Å²) in [6.07, 6.45) is 0. The first-order chi connectivity index (χ1) is 30.9. The van der Waals surface area contributed by atoms with E-state index in [9.17, 15) is 10.2 Å². The van der Waals surface area contributed by atoms with Crippen LogP contribution >= 0.6 is 0 Å². The zero-order valence-corrected chi connectivity index (χ0v) is 34.8. The second kappa shape index (κ2) is 14.0. The minimum Gasteiger partial charge on any atom is -0.505 e. The quantitative estimate of drug-likeness (QED) is 0.164. The van der Waals surface area contributed by atoms with Gasteiger partial charge in [-0.1, -0.05) is 170 Å². The van der Waals surface area contributed by atoms with Crippen LogP contribution in [-0.4, -0.2) is 10.2 Å². The number of hydrogen-bond donors (Lipinski definition) is 2. The van der Waals surface area contributed by atoms with Gasteiger partial charge in [-0.05, 0) is 110 Å². The van der Waals surface area contributed by atoms with E-state index in [2.05, 4.69) is 164 Å². The molecular formula is C59H41NO3. The summed E-state index contributed by atoms with van der Waals surface area (Å²) in [5.74, 6) is -0.0285. The topological polar surface area (TPSA) is 56.8 Å². The lowest BCUT2D eigenvalue weighted by Crippen LogP contribution is -2.28. The standard InChI is InChI=1S/C59H41NO3/c1-36-54(49-34-38-18-9-10-23-42(38)43-24-11-12-25-44(43)49)37(2)57(62)55(56(36)61)60(52-30-17-28-48-47-27-14-16-31-53(47)63-58(48)52)41-32-33-46-45-26-13-15-29-50(45)59(51(46)35-41,39-19-5-3-6-20-39)40-21-7-4-8-22-40/h3-35,61-62H,1-2H3. The van der Waals surface area contributed by atoms with Crippen LogP contribution in [0.25, 0.3) is 65.7 Å². The van der Waals surface area contributed by atoms with Gasteiger partial charge in [0.05, 0.1) is 11.1 Å². The monoisotopic (exact) mass is 811 g/mol. The molecule has 4 nitrogen and oxygen atoms in total. The van der Waals surface area contributed by atoms with Gasteiger partial charge in [0.1, 0.15) is 22.8 Å². The van der Waals surface area contributed by atoms with Crippen LogP contribution < -0.4 is 4.90 Å². The van der Waals surface area contributed by atoms with Crippen molar-refractivity contribution in [1.29, 1.82) is 0 Å². The largest absolute Gasteiger partial charge is 0.505 e. The number of para-hydroxylation sites is 2. The molecule has 2 N–H and O–H groups in total. The molecule has 0 aliphatic heterocycles. The fourth-order valence-corrected chi connectivity index (χ4v) is 10.7. The second-order valence-corrected chi connectivity index (χ2v) is 16.7. The summed E-state index contributed by atoms with van der Waals surface area (Å²) in [5.41, 5.74) is 12.5. The Morgan fingerprint density at radius 1 is 0.444 bits per heavy atom. The van der Waals surface area contributed by atoms with Gasteiger partial charge in [-0.3, -0.25) is 0 Å². The molecule has 0 fully saturated rings. The number of rotatable bonds is 6. The lowest BCUT2D eigenvalue weighted by atomic mass is 9.67. The Hall–Kier alpha value is -8.08. The van der Waals surface area contributed by atoms with E-state index in [1.54, 1.807) is 0 Å². The maximum absolute atomic E-state index is 12.9. The first-order valence-corrected chi connectivity index (χ1v) is 21.5. The van der Waals surface area contributed by atoms with Crippen LogP contribution in [0, 0.1) is 13.8 Å². The van der Waals surface area contributed by atoms with Crippen LogP contribution in [0.5, 0.6) is 11.5 Å². The molecule has 1 aliphatic rings. The molecule has 0 bridgehead atoms. The molecule has 0 saturated heterocycles. The van der Waals surface area contributed by atoms with E-state index in [-0.39, 0.29) is 17.2 Å². The molecule has 0 amide bonds. The number of aromatic hydroxyl groups is 2. The van der Waals surface area contributed by atoms with Crippen molar-refractivity contribution < 1.29 is 14.6 Å². The Balaban J connectivity index is 1.17. The fraction of sp³-hybridized carbons (Fsp3) is 0.0508. The smallest absolute Gasteiger partial charge is 0.159 e. The number of hydrogen-bond acceptors (Lipinski definition) is 4. The molecule has 12 rings (SSSR count). The zero-order valence-electron chi connectivity index (χ0n) is 34.8. The molecule has 1 heterocycles. The molecule has 0 unspecified atom stereocenters. The van der Waals surface area contributed by atoms with Crippen LogP contribution in [0.15, 0.2) is 205 Å². The van der Waals surface area contributed by atoms with E-state index >= 15 is 0 Å². The fourth-order valence-electron chi connectivity index (χ4n) is 10.7. The summed E-state index contributed by atoms with van der Waals surface area (Å²) in [7, 11) is 0. The lowest BCUT2D eigenvalue weighted by Gasteiger charge is -2.35. The first kappa shape index (κ1) is 36.7. The van der Waals surface area contributed by atoms with Gasteiger partial charge in [0, 0.05) is 27.6 Å². The minimum atomic E-state index is -0.668. The van der Waals surface area contributed by atoms with E-state index in [0.29, 0.717) is 22.4 Å². The molecule has 0 radical (unpaired) electrons. The summed E-state index contributed by atoms with van der Waals surface area (Å²) in [5, 5.41) is 32.1. The highest BCUT2D eigenvalue weighted by Gasteiger charge is 2.46. The molecule has 0 spiro atoms. The Morgan fingerprint density at radius 2 is 1.02 bits per heavy atom. The highest BCUT2D eigenvalue weighted by Crippen LogP contribution is 2.59. The van der Waals surface area contributed by atoms with Crippen molar-refractivity contribution >= 4 is 60.5 Å². The third-order valence-electron chi connectivity index (χ3n) is 13.5. The molecule has 1 aromatic heterocycles. The van der Waals surface area contributed by atoms with Gasteiger partial charge in [0.2, 0.25) is 0 Å². The summed E-state index contributed by atoms with van der Waals surface area (Å²) in [4.78, 5) is 2.00. The highest BCUT2D eigenvalue weighted by atomic mass is 16.3. The third-order valence-corrected chi connectivity index (χ3v) is 13.5. The summed E-state index contributed by atoms with van der Waals surface area (Å²) in [6, 6.07) is 69.8. The van der Waals surface area contributed by atoms with Gasteiger partial charge in [-0.2, -0.15) is 0 Å². The number of anilines is 3. The Bertz CT molecular complexity index is 3560. The molecule has 0 saturated carbocycles. The Kier molecular flexibility index (Phi) is 8.16. The van der Waals surface area contributed by atoms with Gasteiger partial charge in [0.25, 0.3) is 0 Å². The Labute approximate surface area is 365 Å². The summed E-state index contributed by atoms with van der Waals surface area (Å²) < 4.78 is 6.75. The number of phenols is 2. The normalized spacial score (nSPS) is 12.9. The average molecular weight is 812 g/mol. The number of nitrogens with zero attached hydrogens (tertiary/aromatic N) is 1. The number of benzene rings is 10. The van der Waals surface area contributed by atoms with E-state index in [1.165, 1.54) is 11.1 Å². The zero-order chi connectivity index (χ0) is 42.4. The van der Waals surface area contributed by atoms with E-state index in [0.717, 1.165) is 77.0 Å². The molecule has 4 heteroatoms. The van der Waals surface area contributed by atoms with Gasteiger partial charge >= 0.3 is 0 Å². The van der Waals surface area contributed by atoms with Crippen molar-refractivity contribution in [1.82, 2.24) is 0 Å². The molecule has 11 aromatic rings. The van der Waals surface area contributed by atoms with Crippen LogP contribution in [0.2, 0.25) is 0 Å². The van der Waals surface area contributed by atoms with E-state index in [1.807, 2.05) is 55.1 Å². The van der Waals surface area contributed by atoms with Crippen molar-refractivity contribution in [2.45, 2.75) is 19.3 Å². The maximum Gasteiger partial charge on any atom is 0.159 e. The predicted octanol–water partition coefficient (Wildman–Crippen LogP) is 15.4. The van der Waals surface area contributed by atoms with Crippen molar-refractivity contribution in [3.63, 3.8) is 0 Å². The van der Waals surface area contributed by atoms with Gasteiger partial charge in [-0.15, -0.1) is 0 Å². The second-order valence-electron chi connectivity index (χ2n) is 16.7. The van der Waals surface area contributed by atoms with Gasteiger partial charge in [0.15, 0.2) is 5.58 Å². The van der Waals surface area contributed by atoms with Crippen molar-refractivity contribution in [3.05, 3.63) is 234 Å². The summed E-state index contributed by atoms with van der Waals surface area (Å²) in [6.45, 7) is 3.92. The van der Waals surface area contributed by atoms with Crippen LogP contribution in [0.3, 0.4) is 0 Å². The van der Waals surface area contributed by atoms with Crippen molar-refractivity contribution in [2.24, 2.45) is 0 Å². The predicted molar refractivity (Wildman–Crippen MR) is 259 cm³/mol. The SMILES string of the molecule is Cc1c(O)c(N(c2ccc3c(c2)C(c2ccccc2)(c2ccccc2)c2ccccc2-3)c2cccc3c2oc2ccccc23)c(O)c(C)c1-c1cc2ccccc2c2ccccc12. The number of fused-ring (bicyclic) bond motifs is 9. The molecule has 0 atom stereocenters. The highest BCUT2D eigenvalue weighted by molar-refractivity contribution is 6.15. The maximum atomic E-state index is 12.9. The van der Waals surface area contributed by atoms with E-state index < -0.39 is 5.41 Å². The molecular weight excluding hydrogens is 771 g/mol. The number of phenolic OH excluding ortho intramolecular Hbond substituents is 2. The molecule has 300 valence electrons. The lowest BCUT2D eigenvalue weighted by molar-refractivity contribution is 0.448. The summed E-state index contributed by atoms with van der Waals surface area (Å²) >= 11 is 0. The Morgan fingerprint density at radius 3 is 1.75 bits per heavy atom. The first-order valence-electron chi connectivity index (χ1n) is 21.5. The van der Waals surface area contributed by atoms with Crippen LogP contribution in [-0.2, 0) is 5.41 Å². The van der Waals surface area contributed by atoms with E-state index in [4.69, 9.17) is 4.42 Å². The number of furan rings is 1. The minimum absolute atomic E-state index is 0.0142. The average Bonchev–Trinajstić information content (AvgIpc) is 3.87. The molecule has 10 aromatic carbocycles. The van der Waals surface area contributed by atoms with Gasteiger partial charge < -0.3 is 19.5 Å². The third kappa shape index (κ3) is 5.22. The molecule has 1 aliphatic carbocycles. The van der Waals surface area contributed by atoms with Crippen LogP contribution in [0.1, 0.15) is 33.4 Å². The van der Waals surface area contributed by atoms with Crippen molar-refractivity contribution in [3.8, 4) is 33.8 Å². The molecule has 63 heavy (non-hydrogen) atoms.